The van der Waals surface area contributed by atoms with Crippen molar-refractivity contribution < 1.29 is 22.7 Å². The number of nitrogens with one attached hydrogen (secondary N) is 1. The van der Waals surface area contributed by atoms with Crippen molar-refractivity contribution in [1.82, 2.24) is 14.9 Å². The van der Waals surface area contributed by atoms with E-state index in [2.05, 4.69) is 41.5 Å². The van der Waals surface area contributed by atoms with E-state index in [1.54, 1.807) is 6.07 Å². The van der Waals surface area contributed by atoms with E-state index in [1.807, 2.05) is 75.9 Å². The van der Waals surface area contributed by atoms with Crippen molar-refractivity contribution in [2.45, 2.75) is 104 Å². The fourth-order valence-electron chi connectivity index (χ4n) is 8.36. The number of piperidine rings is 1. The quantitative estimate of drug-likeness (QED) is 0.294. The highest BCUT2D eigenvalue weighted by atomic mass is 32.2. The van der Waals surface area contributed by atoms with Gasteiger partial charge in [0.1, 0.15) is 5.60 Å². The van der Waals surface area contributed by atoms with Crippen LogP contribution >= 0.6 is 0 Å². The molecule has 3 heterocycles. The van der Waals surface area contributed by atoms with Crippen LogP contribution in [-0.2, 0) is 14.8 Å². The van der Waals surface area contributed by atoms with Crippen molar-refractivity contribution in [2.75, 3.05) is 24.4 Å². The number of ether oxygens (including phenoxy) is 2. The molecule has 1 N–H and O–H groups in total. The number of hydrogen-bond acceptors (Lipinski definition) is 7. The first-order valence-electron chi connectivity index (χ1n) is 17.6. The average Bonchev–Trinajstić information content (AvgIpc) is 2.97. The van der Waals surface area contributed by atoms with Crippen LogP contribution in [0.1, 0.15) is 96.3 Å². The molecule has 1 aliphatic carbocycles. The minimum Gasteiger partial charge on any atom is -0.477 e. The van der Waals surface area contributed by atoms with Crippen LogP contribution in [0, 0.1) is 36.5 Å². The average molecular weight is 689 g/mol. The third-order valence-corrected chi connectivity index (χ3v) is 11.7. The van der Waals surface area contributed by atoms with Crippen molar-refractivity contribution in [2.24, 2.45) is 22.7 Å². The van der Waals surface area contributed by atoms with Gasteiger partial charge >= 0.3 is 6.09 Å². The number of likely N-dealkylation sites (tertiary alicyclic amines) is 1. The molecular formula is C39H52N4O5S. The van der Waals surface area contributed by atoms with Crippen LogP contribution in [0.3, 0.4) is 0 Å². The predicted molar refractivity (Wildman–Crippen MR) is 192 cm³/mol. The molecule has 1 spiro atoms. The van der Waals surface area contributed by atoms with E-state index >= 15 is 0 Å². The number of sulfonamides is 1. The van der Waals surface area contributed by atoms with Gasteiger partial charge in [0.25, 0.3) is 10.0 Å². The molecule has 1 aromatic heterocycles. The fourth-order valence-corrected chi connectivity index (χ4v) is 9.36. The maximum Gasteiger partial charge on any atom is 0.410 e. The zero-order valence-electron chi connectivity index (χ0n) is 30.3. The first-order chi connectivity index (χ1) is 22.9. The monoisotopic (exact) mass is 688 g/mol. The summed E-state index contributed by atoms with van der Waals surface area (Å²) >= 11 is 0. The summed E-state index contributed by atoms with van der Waals surface area (Å²) in [5.74, 6) is 0.888. The number of rotatable bonds is 3. The number of carbonyl (C=O) groups excluding carboxylic acids is 1. The Balaban J connectivity index is 1.33. The summed E-state index contributed by atoms with van der Waals surface area (Å²) in [5.41, 5.74) is 4.31. The Hall–Kier alpha value is -3.66. The van der Waals surface area contributed by atoms with E-state index in [1.165, 1.54) is 0 Å². The maximum absolute atomic E-state index is 13.9. The molecule has 1 saturated heterocycles. The van der Waals surface area contributed by atoms with Gasteiger partial charge in [-0.3, -0.25) is 0 Å². The highest BCUT2D eigenvalue weighted by Gasteiger charge is 2.51. The van der Waals surface area contributed by atoms with E-state index < -0.39 is 15.6 Å². The van der Waals surface area contributed by atoms with Gasteiger partial charge in [0, 0.05) is 30.6 Å². The molecule has 2 aliphatic heterocycles. The van der Waals surface area contributed by atoms with Gasteiger partial charge in [-0.15, -0.1) is 0 Å². The number of carbonyl (C=O) groups is 1. The number of fused-ring (bicyclic) bond motifs is 4. The molecule has 1 amide bonds. The molecule has 2 aromatic carbocycles. The van der Waals surface area contributed by atoms with E-state index in [-0.39, 0.29) is 39.6 Å². The molecule has 3 aliphatic rings. The van der Waals surface area contributed by atoms with Gasteiger partial charge in [0.2, 0.25) is 11.8 Å². The molecule has 4 bridgehead atoms. The second-order valence-electron chi connectivity index (χ2n) is 16.9. The first kappa shape index (κ1) is 35.2. The Morgan fingerprint density at radius 2 is 1.63 bits per heavy atom. The maximum atomic E-state index is 13.9. The van der Waals surface area contributed by atoms with Crippen LogP contribution in [0.2, 0.25) is 0 Å². The Kier molecular flexibility index (Phi) is 9.26. The van der Waals surface area contributed by atoms with E-state index in [0.29, 0.717) is 37.2 Å². The number of hydrogen-bond donors (Lipinski definition) is 1. The summed E-state index contributed by atoms with van der Waals surface area (Å²) in [4.78, 5) is 24.1. The predicted octanol–water partition coefficient (Wildman–Crippen LogP) is 8.52. The molecule has 9 nitrogen and oxygen atoms in total. The Morgan fingerprint density at radius 3 is 2.27 bits per heavy atom. The van der Waals surface area contributed by atoms with Crippen LogP contribution in [-0.4, -0.2) is 54.7 Å². The third kappa shape index (κ3) is 7.89. The van der Waals surface area contributed by atoms with Crippen LogP contribution in [0.4, 0.5) is 10.7 Å². The van der Waals surface area contributed by atoms with Gasteiger partial charge in [-0.2, -0.15) is 4.98 Å². The van der Waals surface area contributed by atoms with Gasteiger partial charge in [-0.05, 0) is 118 Å². The summed E-state index contributed by atoms with van der Waals surface area (Å²) in [6.07, 6.45) is 4.61. The van der Waals surface area contributed by atoms with E-state index in [0.717, 1.165) is 54.4 Å². The standard InChI is InChI=1S/C39H52N4O5S/c1-25-11-9-12-26(2)33(25)31-20-32-41-35(40-31)42-49(45,46)30-14-10-13-27(19-30)34(29(24-47-32)21-37(3,4)5)28-22-39(23-28)15-17-43(18-16-39)36(44)48-38(6,7)8/h9-14,19-20,28-29,34H,15-18,21-24H2,1-8H3,(H,40,41,42)/t29-,34?/m1/s1. The summed E-state index contributed by atoms with van der Waals surface area (Å²) < 4.78 is 42.6. The smallest absolute Gasteiger partial charge is 0.410 e. The van der Waals surface area contributed by atoms with E-state index in [9.17, 15) is 13.2 Å². The molecule has 49 heavy (non-hydrogen) atoms. The van der Waals surface area contributed by atoms with Crippen LogP contribution in [0.15, 0.2) is 53.4 Å². The molecule has 264 valence electrons. The number of anilines is 1. The normalized spacial score (nSPS) is 22.2. The minimum atomic E-state index is -3.99. The summed E-state index contributed by atoms with van der Waals surface area (Å²) in [7, 11) is -3.99. The van der Waals surface area contributed by atoms with Gasteiger partial charge in [-0.1, -0.05) is 51.1 Å². The highest BCUT2D eigenvalue weighted by Crippen LogP contribution is 2.59. The highest BCUT2D eigenvalue weighted by molar-refractivity contribution is 7.92. The third-order valence-electron chi connectivity index (χ3n) is 10.4. The Bertz CT molecular complexity index is 1790. The summed E-state index contributed by atoms with van der Waals surface area (Å²) in [6.45, 7) is 18.3. The Morgan fingerprint density at radius 1 is 0.980 bits per heavy atom. The lowest BCUT2D eigenvalue weighted by Gasteiger charge is -2.55. The minimum absolute atomic E-state index is 0.00896. The lowest BCUT2D eigenvalue weighted by Crippen LogP contribution is -2.51. The number of nitrogens with zero attached hydrogens (tertiary/aromatic N) is 3. The molecule has 2 atom stereocenters. The van der Waals surface area contributed by atoms with Crippen LogP contribution in [0.5, 0.6) is 5.88 Å². The fraction of sp³-hybridized carbons (Fsp3) is 0.564. The molecule has 2 fully saturated rings. The van der Waals surface area contributed by atoms with Crippen molar-refractivity contribution in [3.05, 3.63) is 65.2 Å². The summed E-state index contributed by atoms with van der Waals surface area (Å²) in [5, 5.41) is 0. The van der Waals surface area contributed by atoms with Crippen molar-refractivity contribution in [3.63, 3.8) is 0 Å². The molecular weight excluding hydrogens is 637 g/mol. The van der Waals surface area contributed by atoms with Gasteiger partial charge in [0.05, 0.1) is 17.2 Å². The first-order valence-corrected chi connectivity index (χ1v) is 19.1. The zero-order chi connectivity index (χ0) is 35.4. The topological polar surface area (TPSA) is 111 Å². The van der Waals surface area contributed by atoms with Gasteiger partial charge in [0.15, 0.2) is 0 Å². The number of aromatic nitrogens is 2. The SMILES string of the molecule is Cc1cccc(C)c1-c1cc2nc(n1)NS(=O)(=O)c1cccc(c1)C(C1CC3(CCN(C(=O)OC(C)(C)C)CC3)C1)[C@H](CC(C)(C)C)CO2. The van der Waals surface area contributed by atoms with Crippen LogP contribution < -0.4 is 9.46 Å². The molecule has 1 unspecified atom stereocenters. The van der Waals surface area contributed by atoms with Crippen LogP contribution in [0.25, 0.3) is 11.3 Å². The van der Waals surface area contributed by atoms with E-state index in [4.69, 9.17) is 9.47 Å². The summed E-state index contributed by atoms with van der Waals surface area (Å²) in [6, 6.07) is 15.3. The van der Waals surface area contributed by atoms with Gasteiger partial charge < -0.3 is 14.4 Å². The molecule has 1 saturated carbocycles. The molecule has 6 rings (SSSR count). The number of amides is 1. The molecule has 3 aromatic rings. The molecule has 10 heteroatoms. The number of aryl methyl sites for hydroxylation is 2. The lowest BCUT2D eigenvalue weighted by atomic mass is 9.52. The second-order valence-corrected chi connectivity index (χ2v) is 18.5. The largest absolute Gasteiger partial charge is 0.477 e. The van der Waals surface area contributed by atoms with Crippen molar-refractivity contribution in [1.29, 1.82) is 0 Å². The number of benzene rings is 2. The second kappa shape index (κ2) is 12.9. The van der Waals surface area contributed by atoms with Crippen molar-refractivity contribution in [3.8, 4) is 17.1 Å². The lowest BCUT2D eigenvalue weighted by molar-refractivity contribution is -0.0443. The van der Waals surface area contributed by atoms with Gasteiger partial charge in [-0.25, -0.2) is 22.9 Å². The molecule has 0 radical (unpaired) electrons. The Labute approximate surface area is 292 Å². The zero-order valence-corrected chi connectivity index (χ0v) is 31.1. The van der Waals surface area contributed by atoms with Crippen molar-refractivity contribution >= 4 is 22.1 Å².